The molecule has 2 nitrogen and oxygen atoms in total. The predicted octanol–water partition coefficient (Wildman–Crippen LogP) is 5.10. The van der Waals surface area contributed by atoms with E-state index in [2.05, 4.69) is 20.8 Å². The molecule has 0 aromatic heterocycles. The topological polar surface area (TPSA) is 26.3 Å². The molecule has 0 heterocycles. The minimum atomic E-state index is -0.347. The van der Waals surface area contributed by atoms with E-state index >= 15 is 0 Å². The van der Waals surface area contributed by atoms with Gasteiger partial charge < -0.3 is 4.74 Å². The third-order valence-electron chi connectivity index (χ3n) is 4.93. The van der Waals surface area contributed by atoms with E-state index in [1.807, 2.05) is 13.8 Å². The van der Waals surface area contributed by atoms with Crippen LogP contribution in [0, 0.1) is 11.3 Å². The lowest BCUT2D eigenvalue weighted by atomic mass is 9.77. The third-order valence-corrected chi connectivity index (χ3v) is 4.93. The van der Waals surface area contributed by atoms with Crippen molar-refractivity contribution in [2.45, 2.75) is 91.6 Å². The lowest BCUT2D eigenvalue weighted by Crippen LogP contribution is -2.42. The van der Waals surface area contributed by atoms with E-state index in [-0.39, 0.29) is 17.0 Å². The van der Waals surface area contributed by atoms with E-state index in [1.54, 1.807) is 0 Å². The van der Waals surface area contributed by atoms with Gasteiger partial charge in [-0.05, 0) is 58.3 Å². The molecule has 2 heteroatoms. The highest BCUT2D eigenvalue weighted by atomic mass is 16.6. The smallest absolute Gasteiger partial charge is 0.312 e. The quantitative estimate of drug-likeness (QED) is 0.626. The van der Waals surface area contributed by atoms with E-state index in [9.17, 15) is 4.79 Å². The van der Waals surface area contributed by atoms with Gasteiger partial charge in [-0.3, -0.25) is 4.79 Å². The van der Waals surface area contributed by atoms with E-state index in [1.165, 1.54) is 19.3 Å². The van der Waals surface area contributed by atoms with Crippen LogP contribution >= 0.6 is 0 Å². The van der Waals surface area contributed by atoms with E-state index in [0.717, 1.165) is 32.1 Å². The van der Waals surface area contributed by atoms with Gasteiger partial charge in [0.1, 0.15) is 5.60 Å². The van der Waals surface area contributed by atoms with Crippen molar-refractivity contribution in [3.8, 4) is 0 Å². The first kappa shape index (κ1) is 16.5. The number of carbonyl (C=O) groups is 1. The molecule has 0 aliphatic heterocycles. The normalized spacial score (nSPS) is 20.9. The standard InChI is InChI=1S/C17H32O2/c1-6-14(3)13-17(11-9-8-10-12-17)19-15(18)16(4,5)7-2/h14H,6-13H2,1-5H3. The zero-order chi connectivity index (χ0) is 14.5. The molecule has 0 aromatic rings. The van der Waals surface area contributed by atoms with Crippen LogP contribution in [0.3, 0.4) is 0 Å². The van der Waals surface area contributed by atoms with Crippen LogP contribution in [-0.4, -0.2) is 11.6 Å². The molecule has 0 amide bonds. The summed E-state index contributed by atoms with van der Waals surface area (Å²) in [5, 5.41) is 0. The van der Waals surface area contributed by atoms with Crippen LogP contribution in [0.2, 0.25) is 0 Å². The second-order valence-corrected chi connectivity index (χ2v) is 7.09. The highest BCUT2D eigenvalue weighted by molar-refractivity contribution is 5.76. The fourth-order valence-electron chi connectivity index (χ4n) is 2.80. The van der Waals surface area contributed by atoms with Crippen LogP contribution in [0.5, 0.6) is 0 Å². The lowest BCUT2D eigenvalue weighted by molar-refractivity contribution is -0.176. The fraction of sp³-hybridized carbons (Fsp3) is 0.941. The number of rotatable bonds is 6. The summed E-state index contributed by atoms with van der Waals surface area (Å²) in [6.45, 7) is 10.5. The largest absolute Gasteiger partial charge is 0.459 e. The van der Waals surface area contributed by atoms with Crippen LogP contribution in [0.15, 0.2) is 0 Å². The van der Waals surface area contributed by atoms with Gasteiger partial charge in [-0.25, -0.2) is 0 Å². The maximum Gasteiger partial charge on any atom is 0.312 e. The predicted molar refractivity (Wildman–Crippen MR) is 80.1 cm³/mol. The van der Waals surface area contributed by atoms with Crippen LogP contribution in [0.1, 0.15) is 86.0 Å². The van der Waals surface area contributed by atoms with Crippen molar-refractivity contribution in [3.63, 3.8) is 0 Å². The maximum atomic E-state index is 12.4. The highest BCUT2D eigenvalue weighted by Crippen LogP contribution is 2.39. The lowest BCUT2D eigenvalue weighted by Gasteiger charge is -2.40. The number of esters is 1. The van der Waals surface area contributed by atoms with E-state index in [0.29, 0.717) is 5.92 Å². The Morgan fingerprint density at radius 1 is 1.21 bits per heavy atom. The van der Waals surface area contributed by atoms with Gasteiger partial charge in [0.15, 0.2) is 0 Å². The van der Waals surface area contributed by atoms with Crippen LogP contribution < -0.4 is 0 Å². The summed E-state index contributed by atoms with van der Waals surface area (Å²) in [4.78, 5) is 12.4. The van der Waals surface area contributed by atoms with Crippen LogP contribution in [0.4, 0.5) is 0 Å². The Kier molecular flexibility index (Phi) is 5.88. The Morgan fingerprint density at radius 3 is 2.26 bits per heavy atom. The molecule has 0 N–H and O–H groups in total. The van der Waals surface area contributed by atoms with Crippen molar-refractivity contribution < 1.29 is 9.53 Å². The summed E-state index contributed by atoms with van der Waals surface area (Å²) in [6.07, 6.45) is 8.85. The SMILES string of the molecule is CCC(C)CC1(OC(=O)C(C)(C)CC)CCCCC1. The average Bonchev–Trinajstić information content (AvgIpc) is 2.39. The van der Waals surface area contributed by atoms with Gasteiger partial charge in [-0.2, -0.15) is 0 Å². The monoisotopic (exact) mass is 268 g/mol. The van der Waals surface area contributed by atoms with E-state index < -0.39 is 0 Å². The molecule has 0 saturated heterocycles. The summed E-state index contributed by atoms with van der Waals surface area (Å²) >= 11 is 0. The zero-order valence-electron chi connectivity index (χ0n) is 13.6. The number of hydrogen-bond acceptors (Lipinski definition) is 2. The second-order valence-electron chi connectivity index (χ2n) is 7.09. The first-order valence-electron chi connectivity index (χ1n) is 8.08. The molecule has 1 aliphatic carbocycles. The Hall–Kier alpha value is -0.530. The molecule has 0 radical (unpaired) electrons. The molecule has 112 valence electrons. The van der Waals surface area contributed by atoms with Crippen molar-refractivity contribution >= 4 is 5.97 Å². The van der Waals surface area contributed by atoms with Gasteiger partial charge in [-0.15, -0.1) is 0 Å². The third kappa shape index (κ3) is 4.50. The number of hydrogen-bond donors (Lipinski definition) is 0. The van der Waals surface area contributed by atoms with Gasteiger partial charge in [0, 0.05) is 0 Å². The Balaban J connectivity index is 2.77. The number of ether oxygens (including phenoxy) is 1. The van der Waals surface area contributed by atoms with Crippen molar-refractivity contribution in [1.29, 1.82) is 0 Å². The molecule has 0 aromatic carbocycles. The van der Waals surface area contributed by atoms with Crippen molar-refractivity contribution in [1.82, 2.24) is 0 Å². The first-order valence-corrected chi connectivity index (χ1v) is 8.08. The Labute approximate surface area is 119 Å². The minimum absolute atomic E-state index is 0.000188. The van der Waals surface area contributed by atoms with Crippen LogP contribution in [0.25, 0.3) is 0 Å². The summed E-state index contributed by atoms with van der Waals surface area (Å²) in [5.41, 5.74) is -0.517. The van der Waals surface area contributed by atoms with Crippen molar-refractivity contribution in [2.24, 2.45) is 11.3 Å². The van der Waals surface area contributed by atoms with Gasteiger partial charge >= 0.3 is 5.97 Å². The molecular weight excluding hydrogens is 236 g/mol. The molecule has 19 heavy (non-hydrogen) atoms. The van der Waals surface area contributed by atoms with Crippen molar-refractivity contribution in [2.75, 3.05) is 0 Å². The summed E-state index contributed by atoms with van der Waals surface area (Å²) in [5.74, 6) is 0.635. The molecule has 1 rings (SSSR count). The average molecular weight is 268 g/mol. The van der Waals surface area contributed by atoms with Crippen LogP contribution in [-0.2, 0) is 9.53 Å². The Bertz CT molecular complexity index is 288. The first-order chi connectivity index (χ1) is 8.85. The molecule has 1 unspecified atom stereocenters. The fourth-order valence-corrected chi connectivity index (χ4v) is 2.80. The van der Waals surface area contributed by atoms with Crippen molar-refractivity contribution in [3.05, 3.63) is 0 Å². The molecule has 0 spiro atoms. The minimum Gasteiger partial charge on any atom is -0.459 e. The zero-order valence-corrected chi connectivity index (χ0v) is 13.6. The molecule has 1 atom stereocenters. The van der Waals surface area contributed by atoms with Gasteiger partial charge in [0.2, 0.25) is 0 Å². The molecule has 1 saturated carbocycles. The highest BCUT2D eigenvalue weighted by Gasteiger charge is 2.40. The molecular formula is C17H32O2. The Morgan fingerprint density at radius 2 is 1.79 bits per heavy atom. The molecule has 1 fully saturated rings. The van der Waals surface area contributed by atoms with Gasteiger partial charge in [-0.1, -0.05) is 33.6 Å². The molecule has 0 bridgehead atoms. The second kappa shape index (κ2) is 6.76. The van der Waals surface area contributed by atoms with Gasteiger partial charge in [0.05, 0.1) is 5.41 Å². The summed E-state index contributed by atoms with van der Waals surface area (Å²) < 4.78 is 6.07. The summed E-state index contributed by atoms with van der Waals surface area (Å²) in [7, 11) is 0. The molecule has 1 aliphatic rings. The summed E-state index contributed by atoms with van der Waals surface area (Å²) in [6, 6.07) is 0. The van der Waals surface area contributed by atoms with E-state index in [4.69, 9.17) is 4.74 Å². The number of carbonyl (C=O) groups excluding carboxylic acids is 1. The van der Waals surface area contributed by atoms with Gasteiger partial charge in [0.25, 0.3) is 0 Å². The maximum absolute atomic E-state index is 12.4.